The van der Waals surface area contributed by atoms with Crippen molar-refractivity contribution in [1.29, 1.82) is 0 Å². The molecule has 12 heavy (non-hydrogen) atoms. The normalized spacial score (nSPS) is 46.1. The molecular formula is C9H14O3. The van der Waals surface area contributed by atoms with Gasteiger partial charge in [-0.15, -0.1) is 0 Å². The zero-order valence-electron chi connectivity index (χ0n) is 7.25. The van der Waals surface area contributed by atoms with Crippen LogP contribution in [0, 0.1) is 5.92 Å². The third-order valence-corrected chi connectivity index (χ3v) is 3.06. The Balaban J connectivity index is 2.04. The van der Waals surface area contributed by atoms with Crippen LogP contribution in [0.5, 0.6) is 0 Å². The Labute approximate surface area is 71.7 Å². The molecule has 0 aromatic carbocycles. The summed E-state index contributed by atoms with van der Waals surface area (Å²) in [7, 11) is 0. The summed E-state index contributed by atoms with van der Waals surface area (Å²) >= 11 is 0. The predicted octanol–water partition coefficient (Wildman–Crippen LogP) is 1.42. The minimum absolute atomic E-state index is 0.0977. The summed E-state index contributed by atoms with van der Waals surface area (Å²) in [6, 6.07) is 0. The lowest BCUT2D eigenvalue weighted by Crippen LogP contribution is -2.20. The number of carboxylic acid groups (broad SMARTS) is 1. The van der Waals surface area contributed by atoms with Crippen LogP contribution in [0.25, 0.3) is 0 Å². The summed E-state index contributed by atoms with van der Waals surface area (Å²) in [6.45, 7) is 2.03. The van der Waals surface area contributed by atoms with Gasteiger partial charge in [-0.25, -0.2) is 0 Å². The number of fused-ring (bicyclic) bond motifs is 1. The standard InChI is InChI=1S/C9H14O3/c1-9-5-6(8(10)11)3-2-4-7(9)12-9/h6-7H,2-5H2,1H3,(H,10,11). The van der Waals surface area contributed by atoms with E-state index in [1.807, 2.05) is 6.92 Å². The van der Waals surface area contributed by atoms with Crippen molar-refractivity contribution >= 4 is 5.97 Å². The molecule has 2 aliphatic rings. The van der Waals surface area contributed by atoms with E-state index < -0.39 is 5.97 Å². The molecule has 1 aliphatic heterocycles. The molecule has 3 unspecified atom stereocenters. The van der Waals surface area contributed by atoms with Gasteiger partial charge in [0.15, 0.2) is 0 Å². The van der Waals surface area contributed by atoms with Crippen LogP contribution in [-0.2, 0) is 9.53 Å². The Hall–Kier alpha value is -0.570. The van der Waals surface area contributed by atoms with Gasteiger partial charge in [0.1, 0.15) is 0 Å². The molecule has 1 N–H and O–H groups in total. The third kappa shape index (κ3) is 1.22. The second-order valence-electron chi connectivity index (χ2n) is 4.09. The van der Waals surface area contributed by atoms with E-state index >= 15 is 0 Å². The number of rotatable bonds is 1. The van der Waals surface area contributed by atoms with Crippen LogP contribution in [0.1, 0.15) is 32.6 Å². The highest BCUT2D eigenvalue weighted by Gasteiger charge is 2.54. The molecule has 2 fully saturated rings. The van der Waals surface area contributed by atoms with Crippen LogP contribution < -0.4 is 0 Å². The number of aliphatic carboxylic acids is 1. The number of ether oxygens (including phenoxy) is 1. The number of carbonyl (C=O) groups is 1. The van der Waals surface area contributed by atoms with Gasteiger partial charge in [0, 0.05) is 0 Å². The molecule has 1 aliphatic carbocycles. The summed E-state index contributed by atoms with van der Waals surface area (Å²) in [6.07, 6.45) is 3.91. The maximum absolute atomic E-state index is 10.8. The largest absolute Gasteiger partial charge is 0.481 e. The van der Waals surface area contributed by atoms with Crippen molar-refractivity contribution in [2.75, 3.05) is 0 Å². The predicted molar refractivity (Wildman–Crippen MR) is 42.9 cm³/mol. The van der Waals surface area contributed by atoms with E-state index in [-0.39, 0.29) is 11.5 Å². The Morgan fingerprint density at radius 3 is 3.00 bits per heavy atom. The summed E-state index contributed by atoms with van der Waals surface area (Å²) in [5, 5.41) is 8.86. The van der Waals surface area contributed by atoms with Crippen molar-refractivity contribution in [3.05, 3.63) is 0 Å². The lowest BCUT2D eigenvalue weighted by atomic mass is 9.94. The SMILES string of the molecule is CC12CC(C(=O)O)CCCC1O2. The molecule has 1 saturated heterocycles. The summed E-state index contributed by atoms with van der Waals surface area (Å²) < 4.78 is 5.46. The van der Waals surface area contributed by atoms with Gasteiger partial charge < -0.3 is 9.84 Å². The summed E-state index contributed by atoms with van der Waals surface area (Å²) in [5.41, 5.74) is -0.0977. The summed E-state index contributed by atoms with van der Waals surface area (Å²) in [5.74, 6) is -0.838. The molecule has 0 bridgehead atoms. The van der Waals surface area contributed by atoms with Crippen LogP contribution in [0.4, 0.5) is 0 Å². The van der Waals surface area contributed by atoms with Gasteiger partial charge in [-0.3, -0.25) is 4.79 Å². The van der Waals surface area contributed by atoms with E-state index in [1.165, 1.54) is 0 Å². The Morgan fingerprint density at radius 1 is 1.58 bits per heavy atom. The minimum atomic E-state index is -0.660. The average molecular weight is 170 g/mol. The van der Waals surface area contributed by atoms with Gasteiger partial charge in [0.2, 0.25) is 0 Å². The fraction of sp³-hybridized carbons (Fsp3) is 0.889. The van der Waals surface area contributed by atoms with Crippen LogP contribution in [0.2, 0.25) is 0 Å². The summed E-state index contributed by atoms with van der Waals surface area (Å²) in [4.78, 5) is 10.8. The first-order valence-corrected chi connectivity index (χ1v) is 4.52. The van der Waals surface area contributed by atoms with Gasteiger partial charge >= 0.3 is 5.97 Å². The number of hydrogen-bond acceptors (Lipinski definition) is 2. The fourth-order valence-corrected chi connectivity index (χ4v) is 2.19. The minimum Gasteiger partial charge on any atom is -0.481 e. The number of hydrogen-bond donors (Lipinski definition) is 1. The van der Waals surface area contributed by atoms with Crippen molar-refractivity contribution in [2.45, 2.75) is 44.3 Å². The Morgan fingerprint density at radius 2 is 2.33 bits per heavy atom. The third-order valence-electron chi connectivity index (χ3n) is 3.06. The molecule has 3 heteroatoms. The van der Waals surface area contributed by atoms with Crippen LogP contribution >= 0.6 is 0 Å². The number of epoxide rings is 1. The van der Waals surface area contributed by atoms with Crippen molar-refractivity contribution in [1.82, 2.24) is 0 Å². The Kier molecular flexibility index (Phi) is 1.65. The fourth-order valence-electron chi connectivity index (χ4n) is 2.19. The molecule has 1 saturated carbocycles. The second kappa shape index (κ2) is 2.46. The van der Waals surface area contributed by atoms with Crippen molar-refractivity contribution in [2.24, 2.45) is 5.92 Å². The highest BCUT2D eigenvalue weighted by atomic mass is 16.6. The lowest BCUT2D eigenvalue weighted by molar-refractivity contribution is -0.142. The lowest BCUT2D eigenvalue weighted by Gasteiger charge is -2.11. The van der Waals surface area contributed by atoms with Gasteiger partial charge in [0.25, 0.3) is 0 Å². The molecular weight excluding hydrogens is 156 g/mol. The van der Waals surface area contributed by atoms with Crippen molar-refractivity contribution in [3.63, 3.8) is 0 Å². The first-order valence-electron chi connectivity index (χ1n) is 4.52. The second-order valence-corrected chi connectivity index (χ2v) is 4.09. The van der Waals surface area contributed by atoms with Crippen molar-refractivity contribution < 1.29 is 14.6 Å². The van der Waals surface area contributed by atoms with E-state index in [4.69, 9.17) is 9.84 Å². The maximum Gasteiger partial charge on any atom is 0.306 e. The maximum atomic E-state index is 10.8. The van der Waals surface area contributed by atoms with Crippen LogP contribution in [0.3, 0.4) is 0 Å². The van der Waals surface area contributed by atoms with Gasteiger partial charge in [-0.05, 0) is 32.6 Å². The molecule has 0 amide bonds. The highest BCUT2D eigenvalue weighted by Crippen LogP contribution is 2.47. The van der Waals surface area contributed by atoms with E-state index in [2.05, 4.69) is 0 Å². The van der Waals surface area contributed by atoms with Gasteiger partial charge in [-0.2, -0.15) is 0 Å². The van der Waals surface area contributed by atoms with Crippen LogP contribution in [0.15, 0.2) is 0 Å². The van der Waals surface area contributed by atoms with E-state index in [0.29, 0.717) is 12.5 Å². The molecule has 0 spiro atoms. The smallest absolute Gasteiger partial charge is 0.306 e. The number of carboxylic acids is 1. The molecule has 2 rings (SSSR count). The highest BCUT2D eigenvalue weighted by molar-refractivity contribution is 5.70. The average Bonchev–Trinajstić information content (AvgIpc) is 2.59. The molecule has 0 aromatic heterocycles. The Bertz CT molecular complexity index is 214. The monoisotopic (exact) mass is 170 g/mol. The molecule has 1 heterocycles. The molecule has 0 radical (unpaired) electrons. The van der Waals surface area contributed by atoms with E-state index in [9.17, 15) is 4.79 Å². The quantitative estimate of drug-likeness (QED) is 0.605. The zero-order valence-corrected chi connectivity index (χ0v) is 7.25. The van der Waals surface area contributed by atoms with Crippen LogP contribution in [-0.4, -0.2) is 22.8 Å². The zero-order chi connectivity index (χ0) is 8.77. The van der Waals surface area contributed by atoms with Gasteiger partial charge in [-0.1, -0.05) is 0 Å². The first kappa shape index (κ1) is 8.05. The van der Waals surface area contributed by atoms with E-state index in [1.54, 1.807) is 0 Å². The van der Waals surface area contributed by atoms with Gasteiger partial charge in [0.05, 0.1) is 17.6 Å². The topological polar surface area (TPSA) is 49.8 Å². The molecule has 0 aromatic rings. The van der Waals surface area contributed by atoms with Crippen molar-refractivity contribution in [3.8, 4) is 0 Å². The van der Waals surface area contributed by atoms with E-state index in [0.717, 1.165) is 19.3 Å². The molecule has 3 nitrogen and oxygen atoms in total. The first-order chi connectivity index (χ1) is 5.62. The molecule has 68 valence electrons. The molecule has 3 atom stereocenters.